The molecule has 33 heavy (non-hydrogen) atoms. The molecule has 0 saturated carbocycles. The normalized spacial score (nSPS) is 10.0. The molecule has 0 aromatic carbocycles. The number of aliphatic hydroxyl groups is 3. The Hall–Kier alpha value is -0.613. The standard InChI is InChI=1S/C3H8O3.3C2HF3O2.2C2H5.Y.Zn/c4-1-3(6)2-5;3*3-2(4,5)1(6)7;2*1-2;;/h3-6H,1-2H2;3*(H,6,7);2*1H2,2H3;;/q;;;;;;+3;/p-3. The first kappa shape index (κ1) is 45.8. The van der Waals surface area contributed by atoms with Crippen molar-refractivity contribution in [1.82, 2.24) is 0 Å². The molecule has 9 nitrogen and oxygen atoms in total. The summed E-state index contributed by atoms with van der Waals surface area (Å²) in [5.41, 5.74) is 0. The molecule has 0 atom stereocenters. The van der Waals surface area contributed by atoms with E-state index in [-0.39, 0.29) is 63.0 Å². The Kier molecular flexibility index (Phi) is 34.0. The molecule has 0 aliphatic rings. The van der Waals surface area contributed by atoms with Gasteiger partial charge in [0.05, 0.1) is 13.2 Å². The van der Waals surface area contributed by atoms with E-state index >= 15 is 0 Å². The summed E-state index contributed by atoms with van der Waals surface area (Å²) in [5.74, 6) is -9.02. The molecule has 0 radical (unpaired) electrons. The summed E-state index contributed by atoms with van der Waals surface area (Å²) >= 11 is 0.0972. The van der Waals surface area contributed by atoms with E-state index in [9.17, 15) is 39.5 Å². The van der Waals surface area contributed by atoms with Gasteiger partial charge in [-0.2, -0.15) is 39.5 Å². The monoisotopic (exact) mass is 642 g/mol. The number of hydrogen-bond donors (Lipinski definition) is 3. The van der Waals surface area contributed by atoms with Crippen molar-refractivity contribution in [3.8, 4) is 0 Å². The number of halogens is 9. The molecule has 0 aliphatic carbocycles. The van der Waals surface area contributed by atoms with Crippen molar-refractivity contribution in [2.45, 2.75) is 48.5 Å². The van der Waals surface area contributed by atoms with Gasteiger partial charge in [0.1, 0.15) is 24.0 Å². The number of carboxylic acid groups (broad SMARTS) is 3. The summed E-state index contributed by atoms with van der Waals surface area (Å²) in [6.07, 6.45) is -16.5. The smallest absolute Gasteiger partial charge is 0.542 e. The van der Waals surface area contributed by atoms with E-state index < -0.39 is 42.5 Å². The molecule has 3 N–H and O–H groups in total. The SMILES string of the molecule is C[CH2][Zn][CH2]C.O=C([O-])C(F)(F)F.O=C([O-])C(F)(F)F.O=C([O-])C(F)(F)F.OCC(O)CO.[Y+3]. The maximum Gasteiger partial charge on any atom is 3.00 e. The van der Waals surface area contributed by atoms with Crippen LogP contribution in [0.5, 0.6) is 0 Å². The predicted molar refractivity (Wildman–Crippen MR) is 74.3 cm³/mol. The zero-order valence-corrected chi connectivity index (χ0v) is 22.7. The van der Waals surface area contributed by atoms with Crippen LogP contribution in [0.25, 0.3) is 0 Å². The molecular formula is C13H18F9O9YZn. The number of hydrogen-bond acceptors (Lipinski definition) is 9. The van der Waals surface area contributed by atoms with Gasteiger partial charge in [-0.1, -0.05) is 0 Å². The topological polar surface area (TPSA) is 181 Å². The second-order valence-corrected chi connectivity index (χ2v) is 10.4. The van der Waals surface area contributed by atoms with Crippen LogP contribution in [-0.2, 0) is 64.2 Å². The minimum absolute atomic E-state index is 0. The second-order valence-electron chi connectivity index (χ2n) is 4.73. The molecule has 0 aliphatic heterocycles. The van der Waals surface area contributed by atoms with Crippen LogP contribution >= 0.6 is 0 Å². The molecular weight excluding hydrogens is 625 g/mol. The van der Waals surface area contributed by atoms with E-state index in [1.807, 2.05) is 0 Å². The van der Waals surface area contributed by atoms with Gasteiger partial charge in [0.25, 0.3) is 0 Å². The van der Waals surface area contributed by atoms with E-state index in [4.69, 9.17) is 45.0 Å². The summed E-state index contributed by atoms with van der Waals surface area (Å²) in [6.45, 7) is 3.86. The fraction of sp³-hybridized carbons (Fsp3) is 0.769. The summed E-state index contributed by atoms with van der Waals surface area (Å²) in [4.78, 5) is 26.4. The van der Waals surface area contributed by atoms with E-state index in [0.717, 1.165) is 0 Å². The molecule has 0 bridgehead atoms. The van der Waals surface area contributed by atoms with Gasteiger partial charge < -0.3 is 45.0 Å². The number of carbonyl (C=O) groups excluding carboxylic acids is 3. The van der Waals surface area contributed by atoms with Crippen LogP contribution in [0.3, 0.4) is 0 Å². The Labute approximate surface area is 213 Å². The van der Waals surface area contributed by atoms with Gasteiger partial charge in [0, 0.05) is 0 Å². The van der Waals surface area contributed by atoms with Crippen molar-refractivity contribution in [1.29, 1.82) is 0 Å². The van der Waals surface area contributed by atoms with Gasteiger partial charge in [-0.3, -0.25) is 0 Å². The summed E-state index contributed by atoms with van der Waals surface area (Å²) in [5, 5.41) is 53.4. The fourth-order valence-corrected chi connectivity index (χ4v) is 1.89. The van der Waals surface area contributed by atoms with E-state index in [1.165, 1.54) is 10.0 Å². The third-order valence-corrected chi connectivity index (χ3v) is 4.79. The van der Waals surface area contributed by atoms with E-state index in [2.05, 4.69) is 13.8 Å². The Morgan fingerprint density at radius 1 is 0.697 bits per heavy atom. The molecule has 0 heterocycles. The van der Waals surface area contributed by atoms with Crippen molar-refractivity contribution in [3.63, 3.8) is 0 Å². The minimum Gasteiger partial charge on any atom is -0.542 e. The first-order valence-corrected chi connectivity index (χ1v) is 12.0. The van der Waals surface area contributed by atoms with Gasteiger partial charge in [-0.15, -0.1) is 0 Å². The Morgan fingerprint density at radius 2 is 0.848 bits per heavy atom. The molecule has 0 unspecified atom stereocenters. The van der Waals surface area contributed by atoms with Gasteiger partial charge in [0.15, 0.2) is 0 Å². The molecule has 0 fully saturated rings. The van der Waals surface area contributed by atoms with Crippen molar-refractivity contribution in [2.75, 3.05) is 13.2 Å². The fourth-order valence-electron chi connectivity index (χ4n) is 0.411. The summed E-state index contributed by atoms with van der Waals surface area (Å²) < 4.78 is 94.6. The molecule has 0 spiro atoms. The molecule has 20 heteroatoms. The van der Waals surface area contributed by atoms with Crippen LogP contribution in [0.15, 0.2) is 0 Å². The number of rotatable bonds is 4. The van der Waals surface area contributed by atoms with Crippen molar-refractivity contribution < 1.29 is 134 Å². The van der Waals surface area contributed by atoms with Crippen LogP contribution in [-0.4, -0.2) is 71.1 Å². The van der Waals surface area contributed by atoms with Crippen molar-refractivity contribution in [2.24, 2.45) is 0 Å². The van der Waals surface area contributed by atoms with Crippen LogP contribution < -0.4 is 15.3 Å². The average Bonchev–Trinajstić information content (AvgIpc) is 2.61. The zero-order valence-electron chi connectivity index (χ0n) is 16.9. The van der Waals surface area contributed by atoms with Crippen LogP contribution in [0.2, 0.25) is 10.0 Å². The summed E-state index contributed by atoms with van der Waals surface area (Å²) in [6, 6.07) is 0. The molecule has 0 saturated heterocycles. The number of aliphatic hydroxyl groups excluding tert-OH is 3. The third kappa shape index (κ3) is 49.6. The third-order valence-electron chi connectivity index (χ3n) is 1.82. The van der Waals surface area contributed by atoms with Gasteiger partial charge in [-0.05, 0) is 0 Å². The second kappa shape index (κ2) is 24.5. The average molecular weight is 644 g/mol. The minimum atomic E-state index is -5.19. The van der Waals surface area contributed by atoms with E-state index in [1.54, 1.807) is 0 Å². The maximum atomic E-state index is 10.5. The number of carboxylic acids is 3. The molecule has 0 aromatic rings. The Balaban J connectivity index is -0.0000000689. The molecule has 0 amide bonds. The van der Waals surface area contributed by atoms with Crippen LogP contribution in [0.1, 0.15) is 13.8 Å². The quantitative estimate of drug-likeness (QED) is 0.235. The Morgan fingerprint density at radius 3 is 0.848 bits per heavy atom. The molecule has 0 aromatic heterocycles. The van der Waals surface area contributed by atoms with Gasteiger partial charge in [-0.25, -0.2) is 0 Å². The van der Waals surface area contributed by atoms with E-state index in [0.29, 0.717) is 0 Å². The summed E-state index contributed by atoms with van der Waals surface area (Å²) in [7, 11) is 0. The van der Waals surface area contributed by atoms with Crippen LogP contribution in [0.4, 0.5) is 39.5 Å². The zero-order chi connectivity index (χ0) is 27.3. The molecule has 0 rings (SSSR count). The van der Waals surface area contributed by atoms with Gasteiger partial charge in [0.2, 0.25) is 0 Å². The molecule has 192 valence electrons. The predicted octanol–water partition coefficient (Wildman–Crippen LogP) is -1.83. The van der Waals surface area contributed by atoms with Gasteiger partial charge >= 0.3 is 92.2 Å². The first-order chi connectivity index (χ1) is 14.1. The number of aliphatic carboxylic acids is 3. The van der Waals surface area contributed by atoms with Crippen molar-refractivity contribution >= 4 is 17.9 Å². The number of carbonyl (C=O) groups is 3. The largest absolute Gasteiger partial charge is 3.00 e. The maximum absolute atomic E-state index is 10.5. The Bertz CT molecular complexity index is 438. The first-order valence-electron chi connectivity index (χ1n) is 7.80. The van der Waals surface area contributed by atoms with Crippen molar-refractivity contribution in [3.05, 3.63) is 0 Å². The number of alkyl halides is 9. The van der Waals surface area contributed by atoms with Crippen LogP contribution in [0, 0.1) is 0 Å².